The highest BCUT2D eigenvalue weighted by Gasteiger charge is 2.18. The van der Waals surface area contributed by atoms with Crippen molar-refractivity contribution in [1.29, 1.82) is 0 Å². The number of carboxylic acids is 1. The molecule has 0 saturated heterocycles. The maximum absolute atomic E-state index is 11.0. The van der Waals surface area contributed by atoms with E-state index in [0.717, 1.165) is 0 Å². The predicted octanol–water partition coefficient (Wildman–Crippen LogP) is 0.911. The molecule has 0 bridgehead atoms. The highest BCUT2D eigenvalue weighted by Crippen LogP contribution is 2.34. The Balaban J connectivity index is 3.21. The lowest BCUT2D eigenvalue weighted by molar-refractivity contribution is -0.120. The van der Waals surface area contributed by atoms with Crippen LogP contribution < -0.4 is 15.2 Å². The first-order chi connectivity index (χ1) is 7.95. The zero-order chi connectivity index (χ0) is 13.0. The van der Waals surface area contributed by atoms with Crippen molar-refractivity contribution in [3.05, 3.63) is 22.7 Å². The van der Waals surface area contributed by atoms with Crippen molar-refractivity contribution in [2.24, 2.45) is 5.73 Å². The summed E-state index contributed by atoms with van der Waals surface area (Å²) in [7, 11) is 1.33. The lowest BCUT2D eigenvalue weighted by Gasteiger charge is -2.12. The Kier molecular flexibility index (Phi) is 4.17. The molecule has 17 heavy (non-hydrogen) atoms. The van der Waals surface area contributed by atoms with E-state index in [2.05, 4.69) is 0 Å². The molecule has 0 spiro atoms. The Bertz CT molecular complexity index is 460. The number of aromatic carboxylic acids is 1. The van der Waals surface area contributed by atoms with Crippen molar-refractivity contribution in [2.45, 2.75) is 0 Å². The molecule has 0 radical (unpaired) electrons. The van der Waals surface area contributed by atoms with E-state index in [1.54, 1.807) is 0 Å². The van der Waals surface area contributed by atoms with E-state index < -0.39 is 18.5 Å². The summed E-state index contributed by atoms with van der Waals surface area (Å²) in [6, 6.07) is 2.58. The molecule has 0 heterocycles. The van der Waals surface area contributed by atoms with Crippen LogP contribution in [-0.4, -0.2) is 30.7 Å². The fraction of sp³-hybridized carbons (Fsp3) is 0.200. The van der Waals surface area contributed by atoms with Gasteiger partial charge in [-0.2, -0.15) is 0 Å². The Morgan fingerprint density at radius 3 is 2.59 bits per heavy atom. The second kappa shape index (κ2) is 5.40. The van der Waals surface area contributed by atoms with Gasteiger partial charge in [-0.05, 0) is 6.07 Å². The zero-order valence-electron chi connectivity index (χ0n) is 8.90. The van der Waals surface area contributed by atoms with Gasteiger partial charge in [0.25, 0.3) is 5.91 Å². The second-order valence-corrected chi connectivity index (χ2v) is 3.48. The van der Waals surface area contributed by atoms with Crippen molar-refractivity contribution in [1.82, 2.24) is 0 Å². The van der Waals surface area contributed by atoms with Gasteiger partial charge in [-0.1, -0.05) is 11.6 Å². The van der Waals surface area contributed by atoms with Crippen molar-refractivity contribution in [3.8, 4) is 11.5 Å². The lowest BCUT2D eigenvalue weighted by Crippen LogP contribution is -2.21. The summed E-state index contributed by atoms with van der Waals surface area (Å²) in [5.41, 5.74) is 4.71. The number of ether oxygens (including phenoxy) is 2. The maximum atomic E-state index is 11.0. The number of carbonyl (C=O) groups is 2. The highest BCUT2D eigenvalue weighted by atomic mass is 35.5. The predicted molar refractivity (Wildman–Crippen MR) is 59.7 cm³/mol. The molecule has 1 aromatic rings. The molecule has 0 fully saturated rings. The topological polar surface area (TPSA) is 98.8 Å². The number of benzene rings is 1. The first-order valence-corrected chi connectivity index (χ1v) is 4.85. The summed E-state index contributed by atoms with van der Waals surface area (Å²) in [6.45, 7) is -0.446. The molecular weight excluding hydrogens is 250 g/mol. The first kappa shape index (κ1) is 13.1. The minimum Gasteiger partial charge on any atom is -0.493 e. The van der Waals surface area contributed by atoms with Crippen LogP contribution in [0, 0.1) is 0 Å². The third-order valence-electron chi connectivity index (χ3n) is 1.83. The standard InChI is InChI=1S/C10H10ClNO5/c1-16-7-3-5(11)2-6(10(14)15)9(7)17-4-8(12)13/h2-3H,4H2,1H3,(H2,12,13)(H,14,15). The van der Waals surface area contributed by atoms with E-state index in [1.807, 2.05) is 0 Å². The number of hydrogen-bond donors (Lipinski definition) is 2. The van der Waals surface area contributed by atoms with Gasteiger partial charge in [0.15, 0.2) is 18.1 Å². The van der Waals surface area contributed by atoms with Crippen molar-refractivity contribution in [3.63, 3.8) is 0 Å². The number of nitrogens with two attached hydrogens (primary N) is 1. The molecule has 1 aromatic carbocycles. The number of hydrogen-bond acceptors (Lipinski definition) is 4. The second-order valence-electron chi connectivity index (χ2n) is 3.04. The molecule has 7 heteroatoms. The summed E-state index contributed by atoms with van der Waals surface area (Å²) in [5.74, 6) is -1.93. The normalized spacial score (nSPS) is 9.76. The van der Waals surface area contributed by atoms with Crippen LogP contribution in [0.4, 0.5) is 0 Å². The number of amides is 1. The van der Waals surface area contributed by atoms with Crippen LogP contribution in [0.2, 0.25) is 5.02 Å². The Hall–Kier alpha value is -1.95. The fourth-order valence-electron chi connectivity index (χ4n) is 1.17. The molecule has 0 unspecified atom stereocenters. The van der Waals surface area contributed by atoms with Crippen LogP contribution in [0.15, 0.2) is 12.1 Å². The molecule has 92 valence electrons. The summed E-state index contributed by atoms with van der Waals surface area (Å²) in [6.07, 6.45) is 0. The number of methoxy groups -OCH3 is 1. The van der Waals surface area contributed by atoms with E-state index in [9.17, 15) is 9.59 Å². The molecular formula is C10H10ClNO5. The molecule has 1 amide bonds. The van der Waals surface area contributed by atoms with Crippen LogP contribution in [0.25, 0.3) is 0 Å². The minimum atomic E-state index is -1.25. The molecule has 1 rings (SSSR count). The number of halogens is 1. The van der Waals surface area contributed by atoms with Gasteiger partial charge in [-0.25, -0.2) is 4.79 Å². The molecule has 0 aliphatic heterocycles. The molecule has 0 atom stereocenters. The van der Waals surface area contributed by atoms with Gasteiger partial charge < -0.3 is 20.3 Å². The summed E-state index contributed by atoms with van der Waals surface area (Å²) in [5, 5.41) is 9.15. The third-order valence-corrected chi connectivity index (χ3v) is 2.05. The largest absolute Gasteiger partial charge is 0.493 e. The Labute approximate surface area is 102 Å². The van der Waals surface area contributed by atoms with Gasteiger partial charge in [0.2, 0.25) is 0 Å². The maximum Gasteiger partial charge on any atom is 0.339 e. The molecule has 0 aromatic heterocycles. The zero-order valence-corrected chi connectivity index (χ0v) is 9.65. The van der Waals surface area contributed by atoms with Gasteiger partial charge in [0, 0.05) is 11.1 Å². The van der Waals surface area contributed by atoms with Crippen molar-refractivity contribution in [2.75, 3.05) is 13.7 Å². The average Bonchev–Trinajstić information content (AvgIpc) is 2.25. The van der Waals surface area contributed by atoms with Crippen LogP contribution >= 0.6 is 11.6 Å². The van der Waals surface area contributed by atoms with Crippen molar-refractivity contribution < 1.29 is 24.2 Å². The lowest BCUT2D eigenvalue weighted by atomic mass is 10.2. The number of primary amides is 1. The van der Waals surface area contributed by atoms with Gasteiger partial charge in [-0.3, -0.25) is 4.79 Å². The monoisotopic (exact) mass is 259 g/mol. The van der Waals surface area contributed by atoms with Gasteiger partial charge in [0.05, 0.1) is 7.11 Å². The smallest absolute Gasteiger partial charge is 0.339 e. The molecule has 6 nitrogen and oxygen atoms in total. The molecule has 0 saturated carbocycles. The van der Waals surface area contributed by atoms with Crippen LogP contribution in [0.1, 0.15) is 10.4 Å². The molecule has 0 aliphatic carbocycles. The third kappa shape index (κ3) is 3.25. The van der Waals surface area contributed by atoms with Crippen LogP contribution in [-0.2, 0) is 4.79 Å². The fourth-order valence-corrected chi connectivity index (χ4v) is 1.38. The Morgan fingerprint density at radius 1 is 1.47 bits per heavy atom. The molecule has 0 aliphatic rings. The van der Waals surface area contributed by atoms with Gasteiger partial charge >= 0.3 is 5.97 Å². The van der Waals surface area contributed by atoms with Crippen LogP contribution in [0.5, 0.6) is 11.5 Å². The minimum absolute atomic E-state index is 0.0804. The van der Waals surface area contributed by atoms with Gasteiger partial charge in [-0.15, -0.1) is 0 Å². The van der Waals surface area contributed by atoms with E-state index in [1.165, 1.54) is 19.2 Å². The number of carbonyl (C=O) groups excluding carboxylic acids is 1. The average molecular weight is 260 g/mol. The van der Waals surface area contributed by atoms with Crippen molar-refractivity contribution >= 4 is 23.5 Å². The molecule has 3 N–H and O–H groups in total. The van der Waals surface area contributed by atoms with Crippen LogP contribution in [0.3, 0.4) is 0 Å². The van der Waals surface area contributed by atoms with E-state index in [4.69, 9.17) is 31.9 Å². The summed E-state index contributed by atoms with van der Waals surface area (Å²) in [4.78, 5) is 21.6. The van der Waals surface area contributed by atoms with Gasteiger partial charge in [0.1, 0.15) is 5.56 Å². The van der Waals surface area contributed by atoms with E-state index in [-0.39, 0.29) is 22.1 Å². The Morgan fingerprint density at radius 2 is 2.12 bits per heavy atom. The van der Waals surface area contributed by atoms with E-state index in [0.29, 0.717) is 0 Å². The van der Waals surface area contributed by atoms with E-state index >= 15 is 0 Å². The SMILES string of the molecule is COc1cc(Cl)cc(C(=O)O)c1OCC(N)=O. The summed E-state index contributed by atoms with van der Waals surface area (Å²) >= 11 is 5.72. The number of rotatable bonds is 5. The quantitative estimate of drug-likeness (QED) is 0.819. The number of carboxylic acid groups (broad SMARTS) is 1. The first-order valence-electron chi connectivity index (χ1n) is 4.47. The highest BCUT2D eigenvalue weighted by molar-refractivity contribution is 6.31. The summed E-state index contributed by atoms with van der Waals surface area (Å²) < 4.78 is 9.92.